The van der Waals surface area contributed by atoms with Gasteiger partial charge in [0, 0.05) is 17.7 Å². The predicted molar refractivity (Wildman–Crippen MR) is 76.3 cm³/mol. The second-order valence-corrected chi connectivity index (χ2v) is 5.43. The summed E-state index contributed by atoms with van der Waals surface area (Å²) in [4.78, 5) is 20.4. The number of nitrogens with one attached hydrogen (secondary N) is 1. The van der Waals surface area contributed by atoms with Gasteiger partial charge >= 0.3 is 5.69 Å². The summed E-state index contributed by atoms with van der Waals surface area (Å²) in [5, 5.41) is 26.0. The molecule has 0 spiro atoms. The summed E-state index contributed by atoms with van der Waals surface area (Å²) in [7, 11) is 0. The Morgan fingerprint density at radius 3 is 2.76 bits per heavy atom. The van der Waals surface area contributed by atoms with E-state index in [4.69, 9.17) is 0 Å². The van der Waals surface area contributed by atoms with E-state index in [0.29, 0.717) is 5.92 Å². The van der Waals surface area contributed by atoms with Crippen LogP contribution in [0.2, 0.25) is 0 Å². The lowest BCUT2D eigenvalue weighted by Gasteiger charge is -2.12. The number of nitro benzene ring substituents is 2. The van der Waals surface area contributed by atoms with E-state index in [-0.39, 0.29) is 17.1 Å². The smallest absolute Gasteiger partial charge is 0.272 e. The van der Waals surface area contributed by atoms with Crippen molar-refractivity contribution in [2.45, 2.75) is 25.7 Å². The Kier molecular flexibility index (Phi) is 3.28. The number of anilines is 1. The lowest BCUT2D eigenvalue weighted by Crippen LogP contribution is -2.11. The highest BCUT2D eigenvalue weighted by molar-refractivity contribution is 5.90. The molecule has 0 radical (unpaired) electrons. The quantitative estimate of drug-likeness (QED) is 0.676. The molecule has 1 aromatic carbocycles. The number of hydrazone groups is 1. The molecule has 0 amide bonds. The van der Waals surface area contributed by atoms with Gasteiger partial charge in [-0.1, -0.05) is 0 Å². The van der Waals surface area contributed by atoms with E-state index in [1.54, 1.807) is 0 Å². The van der Waals surface area contributed by atoms with Crippen molar-refractivity contribution in [1.82, 2.24) is 0 Å². The van der Waals surface area contributed by atoms with Crippen molar-refractivity contribution in [3.8, 4) is 0 Å². The highest BCUT2D eigenvalue weighted by Crippen LogP contribution is 2.47. The minimum absolute atomic E-state index is 0.181. The van der Waals surface area contributed by atoms with E-state index < -0.39 is 9.85 Å². The van der Waals surface area contributed by atoms with Crippen LogP contribution < -0.4 is 5.43 Å². The molecular weight excluding hydrogens is 276 g/mol. The summed E-state index contributed by atoms with van der Waals surface area (Å²) < 4.78 is 0. The van der Waals surface area contributed by atoms with Crippen LogP contribution in [-0.4, -0.2) is 15.6 Å². The first-order chi connectivity index (χ1) is 10.1. The number of non-ortho nitro benzene ring substituents is 1. The molecule has 8 heteroatoms. The van der Waals surface area contributed by atoms with Gasteiger partial charge in [0.05, 0.1) is 15.9 Å². The largest absolute Gasteiger partial charge is 0.301 e. The maximum atomic E-state index is 11.0. The molecule has 2 aliphatic rings. The number of hydrogen-bond donors (Lipinski definition) is 1. The van der Waals surface area contributed by atoms with Crippen molar-refractivity contribution < 1.29 is 9.85 Å². The molecule has 2 aliphatic carbocycles. The average molecular weight is 290 g/mol. The highest BCUT2D eigenvalue weighted by atomic mass is 16.6. The standard InChI is InChI=1S/C13H14N4O4/c18-16(19)9-4-5-12(13(7-9)17(20)21)15-14-11-3-1-2-8-6-10(8)11/h4-5,7-8,10,15H,1-3,6H2/b14-11+/t8-,10+/m1/s1. The minimum Gasteiger partial charge on any atom is -0.272 e. The lowest BCUT2D eigenvalue weighted by molar-refractivity contribution is -0.393. The fraction of sp³-hybridized carbons (Fsp3) is 0.462. The van der Waals surface area contributed by atoms with Crippen molar-refractivity contribution in [3.63, 3.8) is 0 Å². The molecule has 2 saturated carbocycles. The third-order valence-corrected chi connectivity index (χ3v) is 4.07. The van der Waals surface area contributed by atoms with Crippen molar-refractivity contribution in [2.75, 3.05) is 5.43 Å². The Hall–Kier alpha value is -2.51. The van der Waals surface area contributed by atoms with Gasteiger partial charge in [-0.05, 0) is 37.7 Å². The molecule has 8 nitrogen and oxygen atoms in total. The second-order valence-electron chi connectivity index (χ2n) is 5.43. The number of nitro groups is 2. The summed E-state index contributed by atoms with van der Waals surface area (Å²) in [6, 6.07) is 3.51. The molecule has 0 heterocycles. The van der Waals surface area contributed by atoms with E-state index in [1.807, 2.05) is 0 Å². The molecule has 0 aliphatic heterocycles. The van der Waals surface area contributed by atoms with Gasteiger partial charge in [-0.25, -0.2) is 0 Å². The summed E-state index contributed by atoms with van der Waals surface area (Å²) in [5.41, 5.74) is 3.31. The first kappa shape index (κ1) is 13.5. The molecule has 3 rings (SSSR count). The predicted octanol–water partition coefficient (Wildman–Crippen LogP) is 3.09. The Labute approximate surface area is 120 Å². The van der Waals surface area contributed by atoms with Crippen LogP contribution in [0.15, 0.2) is 23.3 Å². The number of hydrogen-bond acceptors (Lipinski definition) is 6. The topological polar surface area (TPSA) is 111 Å². The molecule has 0 saturated heterocycles. The Bertz CT molecular complexity index is 643. The molecule has 2 fully saturated rings. The molecule has 1 aromatic rings. The summed E-state index contributed by atoms with van der Waals surface area (Å²) >= 11 is 0. The maximum absolute atomic E-state index is 11.0. The molecule has 2 atom stereocenters. The highest BCUT2D eigenvalue weighted by Gasteiger charge is 2.43. The maximum Gasteiger partial charge on any atom is 0.301 e. The van der Waals surface area contributed by atoms with Crippen molar-refractivity contribution in [3.05, 3.63) is 38.4 Å². The SMILES string of the molecule is O=[N+]([O-])c1ccc(N/N=C2\CCC[C@@H]3C[C@H]23)c([N+](=O)[O-])c1. The van der Waals surface area contributed by atoms with E-state index >= 15 is 0 Å². The van der Waals surface area contributed by atoms with Gasteiger partial charge < -0.3 is 0 Å². The fourth-order valence-electron chi connectivity index (χ4n) is 2.86. The van der Waals surface area contributed by atoms with Crippen LogP contribution in [-0.2, 0) is 0 Å². The lowest BCUT2D eigenvalue weighted by atomic mass is 9.99. The Balaban J connectivity index is 1.83. The molecule has 0 bridgehead atoms. The van der Waals surface area contributed by atoms with Gasteiger partial charge in [-0.15, -0.1) is 0 Å². The van der Waals surface area contributed by atoms with Crippen LogP contribution in [0.4, 0.5) is 17.1 Å². The normalized spacial score (nSPS) is 25.2. The Morgan fingerprint density at radius 2 is 2.05 bits per heavy atom. The minimum atomic E-state index is -0.654. The molecule has 0 aromatic heterocycles. The molecule has 110 valence electrons. The zero-order valence-electron chi connectivity index (χ0n) is 11.2. The zero-order valence-corrected chi connectivity index (χ0v) is 11.2. The molecule has 21 heavy (non-hydrogen) atoms. The van der Waals surface area contributed by atoms with E-state index in [9.17, 15) is 20.2 Å². The van der Waals surface area contributed by atoms with Crippen LogP contribution in [0.3, 0.4) is 0 Å². The van der Waals surface area contributed by atoms with Crippen LogP contribution >= 0.6 is 0 Å². The number of nitrogens with zero attached hydrogens (tertiary/aromatic N) is 3. The first-order valence-electron chi connectivity index (χ1n) is 6.81. The fourth-order valence-corrected chi connectivity index (χ4v) is 2.86. The number of benzene rings is 1. The van der Waals surface area contributed by atoms with Crippen LogP contribution in [0, 0.1) is 32.1 Å². The van der Waals surface area contributed by atoms with Gasteiger partial charge in [0.25, 0.3) is 5.69 Å². The second kappa shape index (κ2) is 5.12. The molecule has 1 N–H and O–H groups in total. The summed E-state index contributed by atoms with van der Waals surface area (Å²) in [5.74, 6) is 1.24. The molecule has 0 unspecified atom stereocenters. The van der Waals surface area contributed by atoms with Gasteiger partial charge in [-0.2, -0.15) is 5.10 Å². The van der Waals surface area contributed by atoms with Gasteiger partial charge in [-0.3, -0.25) is 25.7 Å². The van der Waals surface area contributed by atoms with E-state index in [2.05, 4.69) is 10.5 Å². The third kappa shape index (κ3) is 2.69. The average Bonchev–Trinajstić information content (AvgIpc) is 3.24. The summed E-state index contributed by atoms with van der Waals surface area (Å²) in [6.07, 6.45) is 4.41. The van der Waals surface area contributed by atoms with Crippen molar-refractivity contribution in [1.29, 1.82) is 0 Å². The Morgan fingerprint density at radius 1 is 1.24 bits per heavy atom. The zero-order chi connectivity index (χ0) is 15.0. The van der Waals surface area contributed by atoms with Gasteiger partial charge in [0.15, 0.2) is 0 Å². The van der Waals surface area contributed by atoms with Crippen LogP contribution in [0.1, 0.15) is 25.7 Å². The third-order valence-electron chi connectivity index (χ3n) is 4.07. The van der Waals surface area contributed by atoms with Crippen LogP contribution in [0.5, 0.6) is 0 Å². The van der Waals surface area contributed by atoms with E-state index in [0.717, 1.165) is 37.0 Å². The van der Waals surface area contributed by atoms with Crippen molar-refractivity contribution in [2.24, 2.45) is 16.9 Å². The number of fused-ring (bicyclic) bond motifs is 1. The monoisotopic (exact) mass is 290 g/mol. The van der Waals surface area contributed by atoms with Crippen molar-refractivity contribution >= 4 is 22.8 Å². The molecular formula is C13H14N4O4. The summed E-state index contributed by atoms with van der Waals surface area (Å²) in [6.45, 7) is 0. The van der Waals surface area contributed by atoms with Gasteiger partial charge in [0.1, 0.15) is 5.69 Å². The van der Waals surface area contributed by atoms with Gasteiger partial charge in [0.2, 0.25) is 0 Å². The number of rotatable bonds is 4. The van der Waals surface area contributed by atoms with Crippen LogP contribution in [0.25, 0.3) is 0 Å². The van der Waals surface area contributed by atoms with E-state index in [1.165, 1.54) is 18.6 Å². The first-order valence-corrected chi connectivity index (χ1v) is 6.81.